The predicted molar refractivity (Wildman–Crippen MR) is 48.8 cm³/mol. The van der Waals surface area contributed by atoms with Gasteiger partial charge in [0.15, 0.2) is 0 Å². The van der Waals surface area contributed by atoms with Gasteiger partial charge < -0.3 is 9.15 Å². The lowest BCUT2D eigenvalue weighted by molar-refractivity contribution is 0.0523. The second-order valence-electron chi connectivity index (χ2n) is 2.77. The molecule has 1 rings (SSSR count). The number of hydrogen-bond acceptors (Lipinski definition) is 3. The second kappa shape index (κ2) is 4.12. The summed E-state index contributed by atoms with van der Waals surface area (Å²) < 4.78 is 10.1. The summed E-state index contributed by atoms with van der Waals surface area (Å²) in [4.78, 5) is 11.4. The minimum absolute atomic E-state index is 0.286. The molecule has 0 amide bonds. The molecule has 0 N–H and O–H groups in total. The summed E-state index contributed by atoms with van der Waals surface area (Å²) in [6, 6.07) is 0. The normalized spacial score (nSPS) is 10.1. The Morgan fingerprint density at radius 3 is 2.77 bits per heavy atom. The van der Waals surface area contributed by atoms with Crippen LogP contribution in [0.3, 0.4) is 0 Å². The molecule has 0 spiro atoms. The highest BCUT2D eigenvalue weighted by Gasteiger charge is 2.17. The van der Waals surface area contributed by atoms with Crippen LogP contribution in [0.15, 0.2) is 10.7 Å². The lowest BCUT2D eigenvalue weighted by Gasteiger charge is -2.01. The van der Waals surface area contributed by atoms with E-state index in [-0.39, 0.29) is 5.97 Å². The predicted octanol–water partition coefficient (Wildman–Crippen LogP) is 2.33. The van der Waals surface area contributed by atoms with E-state index in [0.717, 1.165) is 12.0 Å². The standard InChI is InChI=1S/C10H14O3/c1-4-8-6-13-7(3)9(8)10(11)12-5-2/h6H,4-5H2,1-3H3. The number of carbonyl (C=O) groups excluding carboxylic acids is 1. The molecular weight excluding hydrogens is 168 g/mol. The van der Waals surface area contributed by atoms with Crippen molar-refractivity contribution in [2.45, 2.75) is 27.2 Å². The lowest BCUT2D eigenvalue weighted by Crippen LogP contribution is -2.07. The molecule has 0 radical (unpaired) electrons. The zero-order valence-corrected chi connectivity index (χ0v) is 8.22. The molecule has 0 fully saturated rings. The van der Waals surface area contributed by atoms with Gasteiger partial charge in [-0.25, -0.2) is 4.79 Å². The first-order chi connectivity index (χ1) is 6.20. The van der Waals surface area contributed by atoms with Crippen molar-refractivity contribution in [1.29, 1.82) is 0 Å². The quantitative estimate of drug-likeness (QED) is 0.673. The monoisotopic (exact) mass is 182 g/mol. The molecule has 3 nitrogen and oxygen atoms in total. The van der Waals surface area contributed by atoms with Gasteiger partial charge in [0.1, 0.15) is 11.3 Å². The third-order valence-corrected chi connectivity index (χ3v) is 1.91. The first kappa shape index (κ1) is 9.84. The summed E-state index contributed by atoms with van der Waals surface area (Å²) in [5.41, 5.74) is 1.50. The van der Waals surface area contributed by atoms with Crippen molar-refractivity contribution in [2.75, 3.05) is 6.61 Å². The van der Waals surface area contributed by atoms with Gasteiger partial charge in [0.25, 0.3) is 0 Å². The van der Waals surface area contributed by atoms with Gasteiger partial charge in [-0.2, -0.15) is 0 Å². The van der Waals surface area contributed by atoms with E-state index in [9.17, 15) is 4.79 Å². The number of hydrogen-bond donors (Lipinski definition) is 0. The Kier molecular flexibility index (Phi) is 3.12. The SMILES string of the molecule is CCOC(=O)c1c(CC)coc1C. The molecule has 0 aliphatic carbocycles. The number of rotatable bonds is 3. The fraction of sp³-hybridized carbons (Fsp3) is 0.500. The highest BCUT2D eigenvalue weighted by Crippen LogP contribution is 2.18. The third kappa shape index (κ3) is 1.91. The fourth-order valence-electron chi connectivity index (χ4n) is 1.24. The van der Waals surface area contributed by atoms with Gasteiger partial charge in [0.05, 0.1) is 12.9 Å². The lowest BCUT2D eigenvalue weighted by atomic mass is 10.1. The molecule has 0 saturated carbocycles. The minimum Gasteiger partial charge on any atom is -0.468 e. The highest BCUT2D eigenvalue weighted by atomic mass is 16.5. The van der Waals surface area contributed by atoms with Crippen molar-refractivity contribution in [3.63, 3.8) is 0 Å². The smallest absolute Gasteiger partial charge is 0.341 e. The van der Waals surface area contributed by atoms with E-state index in [1.54, 1.807) is 20.1 Å². The van der Waals surface area contributed by atoms with Crippen LogP contribution in [0.1, 0.15) is 35.5 Å². The van der Waals surface area contributed by atoms with Crippen LogP contribution in [0.2, 0.25) is 0 Å². The molecule has 0 unspecified atom stereocenters. The van der Waals surface area contributed by atoms with Gasteiger partial charge in [0, 0.05) is 5.56 Å². The van der Waals surface area contributed by atoms with E-state index in [0.29, 0.717) is 17.9 Å². The number of furan rings is 1. The summed E-state index contributed by atoms with van der Waals surface area (Å²) in [5, 5.41) is 0. The molecule has 0 aliphatic heterocycles. The van der Waals surface area contributed by atoms with Gasteiger partial charge in [0.2, 0.25) is 0 Å². The average molecular weight is 182 g/mol. The molecule has 3 heteroatoms. The molecule has 1 aromatic rings. The van der Waals surface area contributed by atoms with Gasteiger partial charge in [-0.05, 0) is 20.3 Å². The van der Waals surface area contributed by atoms with Gasteiger partial charge in [-0.3, -0.25) is 0 Å². The Morgan fingerprint density at radius 1 is 1.54 bits per heavy atom. The molecule has 1 aromatic heterocycles. The largest absolute Gasteiger partial charge is 0.468 e. The van der Waals surface area contributed by atoms with Gasteiger partial charge in [-0.1, -0.05) is 6.92 Å². The summed E-state index contributed by atoms with van der Waals surface area (Å²) in [5.74, 6) is 0.348. The Balaban J connectivity index is 2.96. The van der Waals surface area contributed by atoms with E-state index in [2.05, 4.69) is 0 Å². The number of carbonyl (C=O) groups is 1. The van der Waals surface area contributed by atoms with Crippen molar-refractivity contribution in [2.24, 2.45) is 0 Å². The molecule has 0 bridgehead atoms. The Labute approximate surface area is 77.7 Å². The van der Waals surface area contributed by atoms with E-state index in [1.165, 1.54) is 0 Å². The third-order valence-electron chi connectivity index (χ3n) is 1.91. The molecule has 1 heterocycles. The fourth-order valence-corrected chi connectivity index (χ4v) is 1.24. The van der Waals surface area contributed by atoms with Crippen LogP contribution in [0.25, 0.3) is 0 Å². The first-order valence-corrected chi connectivity index (χ1v) is 4.44. The minimum atomic E-state index is -0.286. The van der Waals surface area contributed by atoms with Crippen LogP contribution >= 0.6 is 0 Å². The zero-order valence-electron chi connectivity index (χ0n) is 8.22. The van der Waals surface area contributed by atoms with Crippen molar-refractivity contribution < 1.29 is 13.9 Å². The summed E-state index contributed by atoms with van der Waals surface area (Å²) in [6.07, 6.45) is 2.40. The van der Waals surface area contributed by atoms with E-state index >= 15 is 0 Å². The molecule has 0 atom stereocenters. The highest BCUT2D eigenvalue weighted by molar-refractivity contribution is 5.92. The Hall–Kier alpha value is -1.25. The molecular formula is C10H14O3. The van der Waals surface area contributed by atoms with Gasteiger partial charge >= 0.3 is 5.97 Å². The summed E-state index contributed by atoms with van der Waals surface area (Å²) in [7, 11) is 0. The Bertz CT molecular complexity index is 299. The van der Waals surface area contributed by atoms with Crippen molar-refractivity contribution in [1.82, 2.24) is 0 Å². The van der Waals surface area contributed by atoms with Crippen molar-refractivity contribution in [3.8, 4) is 0 Å². The van der Waals surface area contributed by atoms with Crippen LogP contribution in [0, 0.1) is 6.92 Å². The van der Waals surface area contributed by atoms with E-state index in [1.807, 2.05) is 6.92 Å². The second-order valence-corrected chi connectivity index (χ2v) is 2.77. The van der Waals surface area contributed by atoms with Crippen LogP contribution < -0.4 is 0 Å². The zero-order chi connectivity index (χ0) is 9.84. The maximum absolute atomic E-state index is 11.4. The topological polar surface area (TPSA) is 39.4 Å². The van der Waals surface area contributed by atoms with E-state index < -0.39 is 0 Å². The van der Waals surface area contributed by atoms with Crippen LogP contribution in [-0.2, 0) is 11.2 Å². The summed E-state index contributed by atoms with van der Waals surface area (Å²) in [6.45, 7) is 5.93. The van der Waals surface area contributed by atoms with Crippen LogP contribution in [0.4, 0.5) is 0 Å². The van der Waals surface area contributed by atoms with Crippen LogP contribution in [0.5, 0.6) is 0 Å². The maximum Gasteiger partial charge on any atom is 0.341 e. The molecule has 72 valence electrons. The molecule has 0 aliphatic rings. The van der Waals surface area contributed by atoms with Crippen molar-refractivity contribution in [3.05, 3.63) is 23.2 Å². The van der Waals surface area contributed by atoms with Crippen molar-refractivity contribution >= 4 is 5.97 Å². The first-order valence-electron chi connectivity index (χ1n) is 4.44. The molecule has 13 heavy (non-hydrogen) atoms. The van der Waals surface area contributed by atoms with E-state index in [4.69, 9.17) is 9.15 Å². The number of ether oxygens (including phenoxy) is 1. The summed E-state index contributed by atoms with van der Waals surface area (Å²) >= 11 is 0. The number of aryl methyl sites for hydroxylation is 2. The maximum atomic E-state index is 11.4. The van der Waals surface area contributed by atoms with Gasteiger partial charge in [-0.15, -0.1) is 0 Å². The number of esters is 1. The molecule has 0 saturated heterocycles. The Morgan fingerprint density at radius 2 is 2.23 bits per heavy atom. The molecule has 0 aromatic carbocycles. The average Bonchev–Trinajstić information content (AvgIpc) is 2.47. The van der Waals surface area contributed by atoms with Crippen LogP contribution in [-0.4, -0.2) is 12.6 Å².